The highest BCUT2D eigenvalue weighted by Gasteiger charge is 2.17. The third-order valence-electron chi connectivity index (χ3n) is 4.23. The van der Waals surface area contributed by atoms with E-state index in [-0.39, 0.29) is 24.4 Å². The number of rotatable bonds is 8. The zero-order valence-corrected chi connectivity index (χ0v) is 18.2. The van der Waals surface area contributed by atoms with Gasteiger partial charge in [-0.05, 0) is 36.6 Å². The van der Waals surface area contributed by atoms with Crippen LogP contribution in [-0.2, 0) is 4.79 Å². The molecule has 6 heteroatoms. The van der Waals surface area contributed by atoms with Gasteiger partial charge in [0, 0.05) is 29.7 Å². The monoisotopic (exact) mass is 445 g/mol. The highest BCUT2D eigenvalue weighted by atomic mass is 79.9. The van der Waals surface area contributed by atoms with Gasteiger partial charge in [-0.15, -0.1) is 0 Å². The minimum absolute atomic E-state index is 0.0669. The van der Waals surface area contributed by atoms with Gasteiger partial charge in [-0.2, -0.15) is 0 Å². The Morgan fingerprint density at radius 2 is 1.75 bits per heavy atom. The van der Waals surface area contributed by atoms with Gasteiger partial charge in [0.25, 0.3) is 0 Å². The minimum atomic E-state index is -0.198. The van der Waals surface area contributed by atoms with Crippen molar-refractivity contribution in [1.29, 1.82) is 0 Å². The molecule has 28 heavy (non-hydrogen) atoms. The minimum Gasteiger partial charge on any atom is -0.350 e. The van der Waals surface area contributed by atoms with E-state index in [9.17, 15) is 9.59 Å². The molecule has 0 heterocycles. The highest BCUT2D eigenvalue weighted by Crippen LogP contribution is 2.16. The molecular formula is C22H28BrN3O2. The molecule has 0 aliphatic carbocycles. The van der Waals surface area contributed by atoms with E-state index in [1.165, 1.54) is 0 Å². The fraction of sp³-hybridized carbons (Fsp3) is 0.364. The zero-order chi connectivity index (χ0) is 20.5. The number of nitrogens with zero attached hydrogens (tertiary/aromatic N) is 1. The normalized spacial score (nSPS) is 11.8. The van der Waals surface area contributed by atoms with E-state index < -0.39 is 0 Å². The third kappa shape index (κ3) is 7.35. The Hall–Kier alpha value is -2.34. The van der Waals surface area contributed by atoms with E-state index in [2.05, 4.69) is 40.4 Å². The van der Waals surface area contributed by atoms with E-state index in [0.29, 0.717) is 19.0 Å². The second kappa shape index (κ2) is 10.9. The molecule has 1 atom stereocenters. The number of anilines is 1. The predicted molar refractivity (Wildman–Crippen MR) is 117 cm³/mol. The molecule has 2 rings (SSSR count). The van der Waals surface area contributed by atoms with Crippen LogP contribution >= 0.6 is 15.9 Å². The summed E-state index contributed by atoms with van der Waals surface area (Å²) in [6, 6.07) is 17.0. The van der Waals surface area contributed by atoms with Gasteiger partial charge in [0.05, 0.1) is 6.04 Å². The smallest absolute Gasteiger partial charge is 0.321 e. The Labute approximate surface area is 175 Å². The summed E-state index contributed by atoms with van der Waals surface area (Å²) in [5.41, 5.74) is 1.78. The fourth-order valence-corrected chi connectivity index (χ4v) is 3.26. The Morgan fingerprint density at radius 3 is 2.39 bits per heavy atom. The molecule has 1 unspecified atom stereocenters. The summed E-state index contributed by atoms with van der Waals surface area (Å²) < 4.78 is 0.898. The van der Waals surface area contributed by atoms with Gasteiger partial charge in [0.2, 0.25) is 5.91 Å². The van der Waals surface area contributed by atoms with Crippen LogP contribution in [0.3, 0.4) is 0 Å². The second-order valence-corrected chi connectivity index (χ2v) is 8.15. The molecule has 0 fully saturated rings. The number of halogens is 1. The first-order valence-corrected chi connectivity index (χ1v) is 10.3. The van der Waals surface area contributed by atoms with Crippen molar-refractivity contribution in [2.24, 2.45) is 5.92 Å². The number of nitrogens with one attached hydrogen (secondary N) is 2. The third-order valence-corrected chi connectivity index (χ3v) is 4.73. The maximum atomic E-state index is 12.7. The van der Waals surface area contributed by atoms with Crippen LogP contribution in [-0.4, -0.2) is 29.9 Å². The number of benzene rings is 2. The van der Waals surface area contributed by atoms with Crippen molar-refractivity contribution >= 4 is 33.6 Å². The second-order valence-electron chi connectivity index (χ2n) is 7.23. The Bertz CT molecular complexity index is 780. The number of amides is 3. The van der Waals surface area contributed by atoms with Gasteiger partial charge in [-0.25, -0.2) is 4.79 Å². The Kier molecular flexibility index (Phi) is 8.51. The standard InChI is InChI=1S/C22H28BrN3O2/c1-16(2)15-26(22(28)25-20-11-7-10-19(23)14-20)13-12-21(27)24-17(3)18-8-5-4-6-9-18/h4-11,14,16-17H,12-13,15H2,1-3H3,(H,24,27)(H,25,28). The molecule has 0 saturated carbocycles. The van der Waals surface area contributed by atoms with Crippen LogP contribution in [0.4, 0.5) is 10.5 Å². The van der Waals surface area contributed by atoms with Crippen molar-refractivity contribution in [2.75, 3.05) is 18.4 Å². The van der Waals surface area contributed by atoms with Gasteiger partial charge in [0.15, 0.2) is 0 Å². The summed E-state index contributed by atoms with van der Waals surface area (Å²) in [5.74, 6) is 0.236. The van der Waals surface area contributed by atoms with E-state index in [1.807, 2.05) is 61.5 Å². The lowest BCUT2D eigenvalue weighted by Gasteiger charge is -2.25. The molecule has 150 valence electrons. The van der Waals surface area contributed by atoms with Crippen LogP contribution in [0.2, 0.25) is 0 Å². The van der Waals surface area contributed by atoms with Crippen molar-refractivity contribution in [3.63, 3.8) is 0 Å². The lowest BCUT2D eigenvalue weighted by molar-refractivity contribution is -0.121. The molecule has 0 saturated heterocycles. The summed E-state index contributed by atoms with van der Waals surface area (Å²) in [5, 5.41) is 5.90. The van der Waals surface area contributed by atoms with Gasteiger partial charge in [-0.1, -0.05) is 66.2 Å². The van der Waals surface area contributed by atoms with Crippen LogP contribution in [0.1, 0.15) is 38.8 Å². The van der Waals surface area contributed by atoms with Crippen LogP contribution in [0.25, 0.3) is 0 Å². The van der Waals surface area contributed by atoms with E-state index in [1.54, 1.807) is 4.90 Å². The molecule has 0 radical (unpaired) electrons. The number of urea groups is 1. The number of carbonyl (C=O) groups is 2. The maximum Gasteiger partial charge on any atom is 0.321 e. The molecule has 0 aliphatic rings. The van der Waals surface area contributed by atoms with Crippen LogP contribution in [0.15, 0.2) is 59.1 Å². The maximum absolute atomic E-state index is 12.7. The van der Waals surface area contributed by atoms with Crippen molar-refractivity contribution in [1.82, 2.24) is 10.2 Å². The lowest BCUT2D eigenvalue weighted by Crippen LogP contribution is -2.40. The van der Waals surface area contributed by atoms with Crippen LogP contribution in [0.5, 0.6) is 0 Å². The average molecular weight is 446 g/mol. The fourth-order valence-electron chi connectivity index (χ4n) is 2.86. The SMILES string of the molecule is CC(C)CN(CCC(=O)NC(C)c1ccccc1)C(=O)Nc1cccc(Br)c1. The quantitative estimate of drug-likeness (QED) is 0.585. The lowest BCUT2D eigenvalue weighted by atomic mass is 10.1. The first kappa shape index (κ1) is 22.0. The van der Waals surface area contributed by atoms with E-state index in [4.69, 9.17) is 0 Å². The van der Waals surface area contributed by atoms with Gasteiger partial charge in [0.1, 0.15) is 0 Å². The molecule has 5 nitrogen and oxygen atoms in total. The number of hydrogen-bond donors (Lipinski definition) is 2. The molecule has 0 spiro atoms. The van der Waals surface area contributed by atoms with Crippen molar-refractivity contribution in [3.8, 4) is 0 Å². The molecule has 2 aromatic carbocycles. The average Bonchev–Trinajstić information content (AvgIpc) is 2.65. The summed E-state index contributed by atoms with van der Waals surface area (Å²) in [4.78, 5) is 26.7. The number of carbonyl (C=O) groups excluding carboxylic acids is 2. The number of hydrogen-bond acceptors (Lipinski definition) is 2. The predicted octanol–water partition coefficient (Wildman–Crippen LogP) is 5.21. The first-order valence-electron chi connectivity index (χ1n) is 9.51. The van der Waals surface area contributed by atoms with Crippen LogP contribution in [0, 0.1) is 5.92 Å². The molecule has 0 bridgehead atoms. The molecule has 0 aliphatic heterocycles. The van der Waals surface area contributed by atoms with Crippen molar-refractivity contribution < 1.29 is 9.59 Å². The molecule has 2 N–H and O–H groups in total. The Morgan fingerprint density at radius 1 is 1.04 bits per heavy atom. The van der Waals surface area contributed by atoms with Gasteiger partial charge >= 0.3 is 6.03 Å². The highest BCUT2D eigenvalue weighted by molar-refractivity contribution is 9.10. The Balaban J connectivity index is 1.91. The van der Waals surface area contributed by atoms with E-state index in [0.717, 1.165) is 15.7 Å². The molecule has 3 amide bonds. The first-order chi connectivity index (χ1) is 13.3. The summed E-state index contributed by atoms with van der Waals surface area (Å²) in [6.07, 6.45) is 0.260. The summed E-state index contributed by atoms with van der Waals surface area (Å²) in [6.45, 7) is 7.01. The van der Waals surface area contributed by atoms with Crippen LogP contribution < -0.4 is 10.6 Å². The zero-order valence-electron chi connectivity index (χ0n) is 16.6. The summed E-state index contributed by atoms with van der Waals surface area (Å²) in [7, 11) is 0. The summed E-state index contributed by atoms with van der Waals surface area (Å²) >= 11 is 3.40. The van der Waals surface area contributed by atoms with Gasteiger partial charge in [-0.3, -0.25) is 4.79 Å². The molecular weight excluding hydrogens is 418 g/mol. The molecule has 0 aromatic heterocycles. The largest absolute Gasteiger partial charge is 0.350 e. The topological polar surface area (TPSA) is 61.4 Å². The van der Waals surface area contributed by atoms with Crippen molar-refractivity contribution in [2.45, 2.75) is 33.2 Å². The molecule has 2 aromatic rings. The van der Waals surface area contributed by atoms with Gasteiger partial charge < -0.3 is 15.5 Å². The van der Waals surface area contributed by atoms with E-state index >= 15 is 0 Å². The van der Waals surface area contributed by atoms with Crippen molar-refractivity contribution in [3.05, 3.63) is 64.6 Å².